The Morgan fingerprint density at radius 1 is 0.595 bits per heavy atom. The first-order valence-corrected chi connectivity index (χ1v) is 14.7. The molecule has 0 aromatic heterocycles. The van der Waals surface area contributed by atoms with Gasteiger partial charge in [-0.3, -0.25) is 5.32 Å². The molecule has 42 heavy (non-hydrogen) atoms. The van der Waals surface area contributed by atoms with Crippen molar-refractivity contribution in [2.24, 2.45) is 10.9 Å². The first-order chi connectivity index (χ1) is 20.8. The fraction of sp³-hybridized carbons (Fsp3) is 0.132. The van der Waals surface area contributed by atoms with Crippen molar-refractivity contribution in [3.8, 4) is 0 Å². The number of hydrogen-bond donors (Lipinski definition) is 3. The Kier molecular flexibility index (Phi) is 7.36. The van der Waals surface area contributed by atoms with E-state index in [1.807, 2.05) is 6.07 Å². The zero-order valence-corrected chi connectivity index (χ0v) is 23.4. The summed E-state index contributed by atoms with van der Waals surface area (Å²) >= 11 is 0. The fourth-order valence-electron chi connectivity index (χ4n) is 5.92. The highest BCUT2D eigenvalue weighted by molar-refractivity contribution is 5.99. The molecular weight excluding hydrogens is 512 g/mol. The zero-order chi connectivity index (χ0) is 28.1. The first kappa shape index (κ1) is 26.0. The number of rotatable bonds is 6. The minimum absolute atomic E-state index is 0.0210. The highest BCUT2D eigenvalue weighted by Crippen LogP contribution is 2.34. The summed E-state index contributed by atoms with van der Waals surface area (Å²) in [4.78, 5) is 5.09. The highest BCUT2D eigenvalue weighted by atomic mass is 15.3. The summed E-state index contributed by atoms with van der Waals surface area (Å²) in [6.07, 6.45) is 12.5. The minimum Gasteiger partial charge on any atom is -0.374 e. The average molecular weight is 547 g/mol. The maximum Gasteiger partial charge on any atom is 0.131 e. The van der Waals surface area contributed by atoms with Crippen LogP contribution in [0, 0.1) is 5.92 Å². The summed E-state index contributed by atoms with van der Waals surface area (Å²) in [6, 6.07) is 42.3. The molecule has 7 rings (SSSR count). The Bertz CT molecular complexity index is 1670. The quantitative estimate of drug-likeness (QED) is 0.235. The van der Waals surface area contributed by atoms with E-state index in [1.54, 1.807) is 0 Å². The lowest BCUT2D eigenvalue weighted by molar-refractivity contribution is 0.327. The summed E-state index contributed by atoms with van der Waals surface area (Å²) in [5.41, 5.74) is 8.30. The lowest BCUT2D eigenvalue weighted by Gasteiger charge is -2.36. The predicted molar refractivity (Wildman–Crippen MR) is 172 cm³/mol. The van der Waals surface area contributed by atoms with Crippen molar-refractivity contribution >= 4 is 11.5 Å². The van der Waals surface area contributed by atoms with Crippen molar-refractivity contribution in [2.45, 2.75) is 24.8 Å². The lowest BCUT2D eigenvalue weighted by Crippen LogP contribution is -2.54. The molecule has 2 aliphatic heterocycles. The molecule has 2 heterocycles. The van der Waals surface area contributed by atoms with Gasteiger partial charge in [-0.15, -0.1) is 0 Å². The molecule has 4 aromatic carbocycles. The van der Waals surface area contributed by atoms with Crippen LogP contribution in [0.3, 0.4) is 0 Å². The number of amidine groups is 1. The third-order valence-corrected chi connectivity index (χ3v) is 8.11. The van der Waals surface area contributed by atoms with E-state index in [0.29, 0.717) is 0 Å². The topological polar surface area (TPSA) is 48.5 Å². The van der Waals surface area contributed by atoms with Crippen molar-refractivity contribution < 1.29 is 0 Å². The van der Waals surface area contributed by atoms with Gasteiger partial charge in [0, 0.05) is 17.2 Å². The second-order valence-corrected chi connectivity index (χ2v) is 10.9. The molecule has 0 amide bonds. The van der Waals surface area contributed by atoms with Gasteiger partial charge >= 0.3 is 0 Å². The smallest absolute Gasteiger partial charge is 0.131 e. The van der Waals surface area contributed by atoms with E-state index in [-0.39, 0.29) is 24.3 Å². The first-order valence-electron chi connectivity index (χ1n) is 14.7. The van der Waals surface area contributed by atoms with Crippen LogP contribution in [0.15, 0.2) is 168 Å². The molecular formula is C38H34N4. The second-order valence-electron chi connectivity index (χ2n) is 10.9. The summed E-state index contributed by atoms with van der Waals surface area (Å²) in [7, 11) is 0. The molecule has 0 saturated carbocycles. The molecule has 4 aromatic rings. The Morgan fingerprint density at radius 2 is 1.21 bits per heavy atom. The average Bonchev–Trinajstić information content (AvgIpc) is 3.09. The monoisotopic (exact) mass is 546 g/mol. The van der Waals surface area contributed by atoms with Crippen molar-refractivity contribution in [1.29, 1.82) is 0 Å². The van der Waals surface area contributed by atoms with Crippen LogP contribution in [0.5, 0.6) is 0 Å². The third-order valence-electron chi connectivity index (χ3n) is 8.11. The Balaban J connectivity index is 1.23. The van der Waals surface area contributed by atoms with Crippen LogP contribution in [-0.4, -0.2) is 12.0 Å². The fourth-order valence-corrected chi connectivity index (χ4v) is 5.92. The third kappa shape index (κ3) is 5.63. The van der Waals surface area contributed by atoms with E-state index in [1.165, 1.54) is 22.3 Å². The van der Waals surface area contributed by atoms with Crippen LogP contribution in [0.4, 0.5) is 0 Å². The maximum atomic E-state index is 5.09. The van der Waals surface area contributed by atoms with E-state index < -0.39 is 0 Å². The normalized spacial score (nSPS) is 23.4. The van der Waals surface area contributed by atoms with Gasteiger partial charge in [0.2, 0.25) is 0 Å². The molecule has 4 heteroatoms. The minimum atomic E-state index is -0.124. The van der Waals surface area contributed by atoms with Gasteiger partial charge in [-0.1, -0.05) is 140 Å². The van der Waals surface area contributed by atoms with Gasteiger partial charge < -0.3 is 10.6 Å². The van der Waals surface area contributed by atoms with E-state index >= 15 is 0 Å². The second kappa shape index (κ2) is 11.9. The number of allylic oxidation sites excluding steroid dienone is 5. The molecule has 0 bridgehead atoms. The van der Waals surface area contributed by atoms with E-state index in [0.717, 1.165) is 29.1 Å². The maximum absolute atomic E-state index is 5.09. The molecule has 4 atom stereocenters. The number of dihydropyridines is 1. The van der Waals surface area contributed by atoms with Gasteiger partial charge in [0.15, 0.2) is 0 Å². The molecule has 0 saturated heterocycles. The van der Waals surface area contributed by atoms with Crippen LogP contribution < -0.4 is 16.0 Å². The van der Waals surface area contributed by atoms with Crippen LogP contribution in [0.1, 0.15) is 40.9 Å². The molecule has 206 valence electrons. The number of hydrogen-bond acceptors (Lipinski definition) is 4. The van der Waals surface area contributed by atoms with E-state index in [2.05, 4.69) is 162 Å². The number of nitrogens with one attached hydrogen (secondary N) is 3. The Hall–Kier alpha value is -4.93. The Labute approximate surface area is 247 Å². The molecule has 3 aliphatic rings. The zero-order valence-electron chi connectivity index (χ0n) is 23.4. The molecule has 4 nitrogen and oxygen atoms in total. The number of nitrogens with zero attached hydrogens (tertiary/aromatic N) is 1. The molecule has 0 fully saturated rings. The van der Waals surface area contributed by atoms with E-state index in [9.17, 15) is 0 Å². The van der Waals surface area contributed by atoms with E-state index in [4.69, 9.17) is 4.99 Å². The van der Waals surface area contributed by atoms with Crippen molar-refractivity contribution in [3.63, 3.8) is 0 Å². The Morgan fingerprint density at radius 3 is 1.90 bits per heavy atom. The number of aliphatic imine (C=N–C) groups is 1. The van der Waals surface area contributed by atoms with Crippen LogP contribution in [-0.2, 0) is 0 Å². The summed E-state index contributed by atoms with van der Waals surface area (Å²) in [5, 5.41) is 11.3. The standard InChI is InChI=1S/C38H34N4/c1-5-14-27(15-6-1)34-25-33(26-35(39-34)28-16-7-2-8-17-28)31-22-13-23-32(24-31)38-41-36(29-18-9-3-10-19-29)40-37(42-38)30-20-11-4-12-21-30/h1-22,24-26,32,34,36,38-39,41H,23H2,(H,40,42). The highest BCUT2D eigenvalue weighted by Gasteiger charge is 2.30. The van der Waals surface area contributed by atoms with Gasteiger partial charge in [0.05, 0.1) is 12.2 Å². The summed E-state index contributed by atoms with van der Waals surface area (Å²) in [5.74, 6) is 1.17. The molecule has 1 aliphatic carbocycles. The SMILES string of the molecule is C1=CC(C2=CC(c3ccccc3)NC(c3ccccc3)=C2)=CC(C2NC(c3ccccc3)=NC(c3ccccc3)N2)C1. The van der Waals surface area contributed by atoms with Crippen molar-refractivity contribution in [3.05, 3.63) is 185 Å². The molecule has 0 spiro atoms. The van der Waals surface area contributed by atoms with Crippen LogP contribution in [0.25, 0.3) is 5.70 Å². The van der Waals surface area contributed by atoms with Gasteiger partial charge in [0.1, 0.15) is 12.0 Å². The van der Waals surface area contributed by atoms with Gasteiger partial charge in [-0.25, -0.2) is 4.99 Å². The van der Waals surface area contributed by atoms with Crippen molar-refractivity contribution in [2.75, 3.05) is 0 Å². The molecule has 0 radical (unpaired) electrons. The number of benzene rings is 4. The summed E-state index contributed by atoms with van der Waals surface area (Å²) < 4.78 is 0. The largest absolute Gasteiger partial charge is 0.374 e. The lowest BCUT2D eigenvalue weighted by atomic mass is 9.86. The molecule has 3 N–H and O–H groups in total. The van der Waals surface area contributed by atoms with Crippen LogP contribution >= 0.6 is 0 Å². The van der Waals surface area contributed by atoms with Gasteiger partial charge in [-0.05, 0) is 46.4 Å². The van der Waals surface area contributed by atoms with Crippen LogP contribution in [0.2, 0.25) is 0 Å². The summed E-state index contributed by atoms with van der Waals surface area (Å²) in [6.45, 7) is 0. The predicted octanol–water partition coefficient (Wildman–Crippen LogP) is 7.47. The van der Waals surface area contributed by atoms with Crippen molar-refractivity contribution in [1.82, 2.24) is 16.0 Å². The van der Waals surface area contributed by atoms with Gasteiger partial charge in [0.25, 0.3) is 0 Å². The molecule has 4 unspecified atom stereocenters. The van der Waals surface area contributed by atoms with Gasteiger partial charge in [-0.2, -0.15) is 0 Å².